The number of amides is 1. The summed E-state index contributed by atoms with van der Waals surface area (Å²) in [6, 6.07) is 5.77. The Bertz CT molecular complexity index is 627. The lowest BCUT2D eigenvalue weighted by Crippen LogP contribution is -2.35. The molecule has 20 heavy (non-hydrogen) atoms. The standard InChI is InChI=1S/C14H17BrN2O2S/c1-3-19-7-8(2)17-14(18)13-12(16)10-5-4-9(15)6-11(10)20-13/h4-6,8H,3,7,16H2,1-2H3,(H,17,18). The lowest BCUT2D eigenvalue weighted by atomic mass is 10.2. The quantitative estimate of drug-likeness (QED) is 0.862. The molecule has 0 radical (unpaired) electrons. The minimum atomic E-state index is -0.146. The number of ether oxygens (including phenoxy) is 1. The highest BCUT2D eigenvalue weighted by molar-refractivity contribution is 9.10. The third kappa shape index (κ3) is 3.31. The van der Waals surface area contributed by atoms with Crippen molar-refractivity contribution in [3.05, 3.63) is 27.5 Å². The molecule has 1 aromatic heterocycles. The smallest absolute Gasteiger partial charge is 0.263 e. The van der Waals surface area contributed by atoms with Gasteiger partial charge in [0.25, 0.3) is 5.91 Å². The first kappa shape index (κ1) is 15.3. The number of thiophene rings is 1. The number of rotatable bonds is 5. The van der Waals surface area contributed by atoms with Crippen LogP contribution in [0.3, 0.4) is 0 Å². The van der Waals surface area contributed by atoms with Gasteiger partial charge in [0.1, 0.15) is 4.88 Å². The Morgan fingerprint density at radius 1 is 1.55 bits per heavy atom. The van der Waals surface area contributed by atoms with E-state index in [0.717, 1.165) is 14.6 Å². The molecule has 0 fully saturated rings. The number of nitrogen functional groups attached to an aromatic ring is 1. The van der Waals surface area contributed by atoms with Crippen molar-refractivity contribution >= 4 is 48.9 Å². The van der Waals surface area contributed by atoms with E-state index < -0.39 is 0 Å². The Morgan fingerprint density at radius 3 is 3.00 bits per heavy atom. The summed E-state index contributed by atoms with van der Waals surface area (Å²) in [4.78, 5) is 12.8. The van der Waals surface area contributed by atoms with Gasteiger partial charge < -0.3 is 15.8 Å². The minimum absolute atomic E-state index is 0.0428. The molecule has 1 atom stereocenters. The van der Waals surface area contributed by atoms with Gasteiger partial charge in [-0.1, -0.05) is 22.0 Å². The Labute approximate surface area is 130 Å². The molecule has 2 aromatic rings. The number of fused-ring (bicyclic) bond motifs is 1. The van der Waals surface area contributed by atoms with Gasteiger partial charge in [0.15, 0.2) is 0 Å². The molecule has 1 unspecified atom stereocenters. The van der Waals surface area contributed by atoms with Crippen molar-refractivity contribution in [1.29, 1.82) is 0 Å². The molecule has 1 heterocycles. The highest BCUT2D eigenvalue weighted by atomic mass is 79.9. The predicted octanol–water partition coefficient (Wildman–Crippen LogP) is 3.40. The zero-order chi connectivity index (χ0) is 14.7. The molecule has 0 saturated carbocycles. The van der Waals surface area contributed by atoms with E-state index in [-0.39, 0.29) is 11.9 Å². The van der Waals surface area contributed by atoms with Crippen molar-refractivity contribution in [3.8, 4) is 0 Å². The van der Waals surface area contributed by atoms with Gasteiger partial charge in [0, 0.05) is 27.2 Å². The summed E-state index contributed by atoms with van der Waals surface area (Å²) in [5, 5.41) is 3.82. The molecular formula is C14H17BrN2O2S. The highest BCUT2D eigenvalue weighted by Crippen LogP contribution is 2.35. The summed E-state index contributed by atoms with van der Waals surface area (Å²) in [7, 11) is 0. The van der Waals surface area contributed by atoms with Crippen molar-refractivity contribution in [3.63, 3.8) is 0 Å². The van der Waals surface area contributed by atoms with Crippen molar-refractivity contribution in [2.75, 3.05) is 18.9 Å². The van der Waals surface area contributed by atoms with Crippen molar-refractivity contribution in [2.45, 2.75) is 19.9 Å². The molecule has 0 saturated heterocycles. The summed E-state index contributed by atoms with van der Waals surface area (Å²) >= 11 is 4.82. The van der Waals surface area contributed by atoms with Gasteiger partial charge in [0.05, 0.1) is 12.3 Å². The topological polar surface area (TPSA) is 64.3 Å². The molecule has 0 aliphatic carbocycles. The second kappa shape index (κ2) is 6.56. The van der Waals surface area contributed by atoms with Crippen molar-refractivity contribution < 1.29 is 9.53 Å². The molecule has 0 aliphatic rings. The number of halogens is 1. The monoisotopic (exact) mass is 356 g/mol. The van der Waals surface area contributed by atoms with Crippen LogP contribution in [0.1, 0.15) is 23.5 Å². The Balaban J connectivity index is 2.20. The number of anilines is 1. The molecule has 0 bridgehead atoms. The number of benzene rings is 1. The van der Waals surface area contributed by atoms with E-state index in [1.54, 1.807) is 0 Å². The average molecular weight is 357 g/mol. The molecular weight excluding hydrogens is 340 g/mol. The maximum atomic E-state index is 12.2. The molecule has 0 aliphatic heterocycles. The SMILES string of the molecule is CCOCC(C)NC(=O)c1sc2cc(Br)ccc2c1N. The van der Waals surface area contributed by atoms with Crippen LogP contribution in [0.4, 0.5) is 5.69 Å². The second-order valence-corrected chi connectivity index (χ2v) is 6.49. The van der Waals surface area contributed by atoms with Gasteiger partial charge in [-0.2, -0.15) is 0 Å². The van der Waals surface area contributed by atoms with Gasteiger partial charge in [-0.05, 0) is 26.0 Å². The first-order chi connectivity index (χ1) is 9.52. The van der Waals surface area contributed by atoms with Crippen LogP contribution < -0.4 is 11.1 Å². The van der Waals surface area contributed by atoms with E-state index in [9.17, 15) is 4.79 Å². The lowest BCUT2D eigenvalue weighted by molar-refractivity contribution is 0.0876. The van der Waals surface area contributed by atoms with Gasteiger partial charge in [0.2, 0.25) is 0 Å². The van der Waals surface area contributed by atoms with Gasteiger partial charge in [-0.25, -0.2) is 0 Å². The molecule has 1 aromatic carbocycles. The summed E-state index contributed by atoms with van der Waals surface area (Å²) in [5.74, 6) is -0.146. The van der Waals surface area contributed by atoms with E-state index >= 15 is 0 Å². The van der Waals surface area contributed by atoms with Crippen LogP contribution in [0.15, 0.2) is 22.7 Å². The van der Waals surface area contributed by atoms with E-state index in [1.165, 1.54) is 11.3 Å². The van der Waals surface area contributed by atoms with Crippen LogP contribution in [0, 0.1) is 0 Å². The van der Waals surface area contributed by atoms with Crippen molar-refractivity contribution in [1.82, 2.24) is 5.32 Å². The first-order valence-electron chi connectivity index (χ1n) is 6.39. The molecule has 0 spiro atoms. The third-order valence-corrected chi connectivity index (χ3v) is 4.51. The number of hydrogen-bond donors (Lipinski definition) is 2. The summed E-state index contributed by atoms with van der Waals surface area (Å²) in [6.45, 7) is 4.97. The first-order valence-corrected chi connectivity index (χ1v) is 8.00. The van der Waals surface area contributed by atoms with Gasteiger partial charge >= 0.3 is 0 Å². The molecule has 108 valence electrons. The zero-order valence-electron chi connectivity index (χ0n) is 11.4. The fraction of sp³-hybridized carbons (Fsp3) is 0.357. The molecule has 3 N–H and O–H groups in total. The molecule has 1 amide bonds. The summed E-state index contributed by atoms with van der Waals surface area (Å²) < 4.78 is 7.26. The highest BCUT2D eigenvalue weighted by Gasteiger charge is 2.18. The maximum absolute atomic E-state index is 12.2. The number of hydrogen-bond acceptors (Lipinski definition) is 4. The van der Waals surface area contributed by atoms with E-state index in [0.29, 0.717) is 23.8 Å². The largest absolute Gasteiger partial charge is 0.397 e. The van der Waals surface area contributed by atoms with Crippen LogP contribution >= 0.6 is 27.3 Å². The number of nitrogens with two attached hydrogens (primary N) is 1. The average Bonchev–Trinajstić information content (AvgIpc) is 2.73. The molecule has 4 nitrogen and oxygen atoms in total. The fourth-order valence-corrected chi connectivity index (χ4v) is 3.46. The fourth-order valence-electron chi connectivity index (χ4n) is 1.88. The zero-order valence-corrected chi connectivity index (χ0v) is 13.8. The third-order valence-electron chi connectivity index (χ3n) is 2.85. The number of carbonyl (C=O) groups is 1. The lowest BCUT2D eigenvalue weighted by Gasteiger charge is -2.13. The van der Waals surface area contributed by atoms with Crippen LogP contribution in [0.25, 0.3) is 10.1 Å². The minimum Gasteiger partial charge on any atom is -0.397 e. The summed E-state index contributed by atoms with van der Waals surface area (Å²) in [6.07, 6.45) is 0. The van der Waals surface area contributed by atoms with Crippen molar-refractivity contribution in [2.24, 2.45) is 0 Å². The van der Waals surface area contributed by atoms with Crippen LogP contribution in [-0.2, 0) is 4.74 Å². The van der Waals surface area contributed by atoms with E-state index in [2.05, 4.69) is 21.2 Å². The Hall–Kier alpha value is -1.11. The second-order valence-electron chi connectivity index (χ2n) is 4.52. The van der Waals surface area contributed by atoms with Crippen LogP contribution in [0.5, 0.6) is 0 Å². The maximum Gasteiger partial charge on any atom is 0.263 e. The van der Waals surface area contributed by atoms with Crippen LogP contribution in [0.2, 0.25) is 0 Å². The van der Waals surface area contributed by atoms with E-state index in [4.69, 9.17) is 10.5 Å². The van der Waals surface area contributed by atoms with E-state index in [1.807, 2.05) is 32.0 Å². The number of nitrogens with one attached hydrogen (secondary N) is 1. The predicted molar refractivity (Wildman–Crippen MR) is 87.4 cm³/mol. The normalized spacial score (nSPS) is 12.6. The Morgan fingerprint density at radius 2 is 2.30 bits per heavy atom. The van der Waals surface area contributed by atoms with Gasteiger partial charge in [-0.3, -0.25) is 4.79 Å². The summed E-state index contributed by atoms with van der Waals surface area (Å²) in [5.41, 5.74) is 6.61. The Kier molecular flexibility index (Phi) is 5.01. The van der Waals surface area contributed by atoms with Gasteiger partial charge in [-0.15, -0.1) is 11.3 Å². The van der Waals surface area contributed by atoms with Crippen LogP contribution in [-0.4, -0.2) is 25.2 Å². The molecule has 6 heteroatoms. The molecule has 2 rings (SSSR count). The number of carbonyl (C=O) groups excluding carboxylic acids is 1.